The topological polar surface area (TPSA) is 75.6 Å². The van der Waals surface area contributed by atoms with E-state index in [1.807, 2.05) is 0 Å². The summed E-state index contributed by atoms with van der Waals surface area (Å²) < 4.78 is 11.0. The van der Waals surface area contributed by atoms with Crippen molar-refractivity contribution in [1.82, 2.24) is 5.32 Å². The fourth-order valence-corrected chi connectivity index (χ4v) is 1.09. The first-order chi connectivity index (χ1) is 7.65. The number of amides is 1. The highest BCUT2D eigenvalue weighted by atomic mass is 16.5. The Morgan fingerprint density at radius 1 is 1.47 bits per heavy atom. The zero-order valence-corrected chi connectivity index (χ0v) is 7.84. The number of rotatable bonds is 3. The van der Waals surface area contributed by atoms with Crippen molar-refractivity contribution in [2.24, 2.45) is 0 Å². The number of alkyl carbamates (subject to hydrolysis) is 1. The second kappa shape index (κ2) is 4.99. The van der Waals surface area contributed by atoms with Gasteiger partial charge in [0, 0.05) is 0 Å². The maximum Gasteiger partial charge on any atom is 0.407 e. The van der Waals surface area contributed by atoms with Gasteiger partial charge >= 0.3 is 12.1 Å². The maximum absolute atomic E-state index is 11.0. The van der Waals surface area contributed by atoms with E-state index in [0.717, 1.165) is 0 Å². The fraction of sp³-hybridized carbons (Fsp3) is 0.200. The van der Waals surface area contributed by atoms with Crippen molar-refractivity contribution in [2.75, 3.05) is 7.09 Å². The highest BCUT2D eigenvalue weighted by molar-refractivity contribution is 5.81. The Balaban J connectivity index is 2.77. The summed E-state index contributed by atoms with van der Waals surface area (Å²) in [6, 6.07) is 7.08. The highest BCUT2D eigenvalue weighted by Gasteiger charge is 2.21. The zero-order chi connectivity index (χ0) is 12.0. The van der Waals surface area contributed by atoms with E-state index in [0.29, 0.717) is 5.56 Å². The van der Waals surface area contributed by atoms with E-state index in [1.165, 1.54) is 0 Å². The van der Waals surface area contributed by atoms with Crippen LogP contribution in [0.25, 0.3) is 0 Å². The van der Waals surface area contributed by atoms with Gasteiger partial charge in [0.1, 0.15) is 0 Å². The van der Waals surface area contributed by atoms with Gasteiger partial charge in [-0.3, -0.25) is 0 Å². The molecule has 5 heteroatoms. The number of carboxylic acids is 1. The summed E-state index contributed by atoms with van der Waals surface area (Å²) in [4.78, 5) is 21.9. The largest absolute Gasteiger partial charge is 0.479 e. The molecule has 0 unspecified atom stereocenters. The van der Waals surface area contributed by atoms with Crippen molar-refractivity contribution in [3.8, 4) is 0 Å². The molecule has 1 aromatic carbocycles. The molecular formula is C10H11NO4. The number of carbonyl (C=O) groups excluding carboxylic acids is 1. The highest BCUT2D eigenvalue weighted by Crippen LogP contribution is 2.12. The monoisotopic (exact) mass is 210 g/mol. The SMILES string of the molecule is [2H]COC(=O)N[C@@H](C(=O)O)c1ccccc1. The van der Waals surface area contributed by atoms with E-state index < -0.39 is 25.2 Å². The number of hydrogen-bond donors (Lipinski definition) is 2. The van der Waals surface area contributed by atoms with Crippen molar-refractivity contribution >= 4 is 12.1 Å². The molecule has 15 heavy (non-hydrogen) atoms. The normalized spacial score (nSPS) is 12.4. The molecule has 0 radical (unpaired) electrons. The third kappa shape index (κ3) is 2.98. The van der Waals surface area contributed by atoms with E-state index in [9.17, 15) is 9.59 Å². The van der Waals surface area contributed by atoms with Crippen LogP contribution in [0.2, 0.25) is 0 Å². The van der Waals surface area contributed by atoms with Crippen LogP contribution in [0.15, 0.2) is 30.3 Å². The number of benzene rings is 1. The second-order valence-electron chi connectivity index (χ2n) is 2.76. The second-order valence-corrected chi connectivity index (χ2v) is 2.76. The first-order valence-corrected chi connectivity index (χ1v) is 4.15. The molecule has 0 aliphatic carbocycles. The van der Waals surface area contributed by atoms with Gasteiger partial charge in [-0.25, -0.2) is 9.59 Å². The van der Waals surface area contributed by atoms with Crippen LogP contribution in [0.1, 0.15) is 13.0 Å². The molecule has 1 amide bonds. The summed E-state index contributed by atoms with van der Waals surface area (Å²) in [5, 5.41) is 11.1. The van der Waals surface area contributed by atoms with E-state index >= 15 is 0 Å². The molecule has 0 saturated carbocycles. The van der Waals surface area contributed by atoms with Crippen LogP contribution < -0.4 is 5.32 Å². The van der Waals surface area contributed by atoms with Gasteiger partial charge in [-0.15, -0.1) is 0 Å². The molecule has 2 N–H and O–H groups in total. The molecule has 80 valence electrons. The third-order valence-electron chi connectivity index (χ3n) is 1.77. The van der Waals surface area contributed by atoms with Crippen LogP contribution in [0.4, 0.5) is 4.79 Å². The van der Waals surface area contributed by atoms with Crippen LogP contribution >= 0.6 is 0 Å². The average Bonchev–Trinajstić information content (AvgIpc) is 2.27. The molecule has 0 saturated heterocycles. The van der Waals surface area contributed by atoms with Gasteiger partial charge < -0.3 is 15.2 Å². The van der Waals surface area contributed by atoms with Crippen LogP contribution in [0.3, 0.4) is 0 Å². The van der Waals surface area contributed by atoms with Crippen molar-refractivity contribution in [2.45, 2.75) is 6.04 Å². The third-order valence-corrected chi connectivity index (χ3v) is 1.77. The molecule has 1 rings (SSSR count). The van der Waals surface area contributed by atoms with Crippen LogP contribution in [0, 0.1) is 0 Å². The number of nitrogens with one attached hydrogen (secondary N) is 1. The van der Waals surface area contributed by atoms with Gasteiger partial charge in [0.15, 0.2) is 6.04 Å². The lowest BCUT2D eigenvalue weighted by Crippen LogP contribution is -2.33. The Labute approximate surface area is 88.1 Å². The predicted molar refractivity (Wildman–Crippen MR) is 52.4 cm³/mol. The Bertz CT molecular complexity index is 368. The smallest absolute Gasteiger partial charge is 0.407 e. The van der Waals surface area contributed by atoms with Gasteiger partial charge in [0.05, 0.1) is 8.46 Å². The quantitative estimate of drug-likeness (QED) is 0.785. The number of hydrogen-bond acceptors (Lipinski definition) is 3. The fourth-order valence-electron chi connectivity index (χ4n) is 1.09. The molecule has 1 aromatic rings. The van der Waals surface area contributed by atoms with E-state index in [1.54, 1.807) is 30.3 Å². The molecular weight excluding hydrogens is 198 g/mol. The standard InChI is InChI=1S/C10H11NO4/c1-15-10(14)11-8(9(12)13)7-5-3-2-4-6-7/h2-6,8H,1H3,(H,11,14)(H,12,13)/t8-/m1/s1/i1D. The Kier molecular flexibility index (Phi) is 3.17. The molecule has 0 spiro atoms. The van der Waals surface area contributed by atoms with Gasteiger partial charge in [-0.1, -0.05) is 30.3 Å². The summed E-state index contributed by atoms with van der Waals surface area (Å²) in [7, 11) is -0.549. The number of methoxy groups -OCH3 is 1. The van der Waals surface area contributed by atoms with Crippen LogP contribution in [-0.2, 0) is 9.53 Å². The lowest BCUT2D eigenvalue weighted by Gasteiger charge is -2.13. The first-order valence-electron chi connectivity index (χ1n) is 4.86. The lowest BCUT2D eigenvalue weighted by molar-refractivity contribution is -0.139. The van der Waals surface area contributed by atoms with Crippen molar-refractivity contribution in [1.29, 1.82) is 0 Å². The van der Waals surface area contributed by atoms with Crippen molar-refractivity contribution in [3.63, 3.8) is 0 Å². The minimum absolute atomic E-state index is 0.442. The van der Waals surface area contributed by atoms with Gasteiger partial charge in [0.25, 0.3) is 0 Å². The van der Waals surface area contributed by atoms with Gasteiger partial charge in [-0.2, -0.15) is 0 Å². The molecule has 0 aliphatic heterocycles. The van der Waals surface area contributed by atoms with Crippen LogP contribution in [-0.4, -0.2) is 24.3 Å². The summed E-state index contributed by atoms with van der Waals surface area (Å²) in [6.45, 7) is 0. The maximum atomic E-state index is 11.0. The summed E-state index contributed by atoms with van der Waals surface area (Å²) in [5.41, 5.74) is 0.442. The van der Waals surface area contributed by atoms with Gasteiger partial charge in [0.2, 0.25) is 0 Å². The molecule has 0 fully saturated rings. The first kappa shape index (κ1) is 9.51. The molecule has 5 nitrogen and oxygen atoms in total. The number of ether oxygens (including phenoxy) is 1. The number of carbonyl (C=O) groups is 2. The number of carboxylic acid groups (broad SMARTS) is 1. The molecule has 0 bridgehead atoms. The summed E-state index contributed by atoms with van der Waals surface area (Å²) >= 11 is 0. The van der Waals surface area contributed by atoms with Gasteiger partial charge in [-0.05, 0) is 5.56 Å². The molecule has 0 aliphatic rings. The number of aliphatic carboxylic acids is 1. The van der Waals surface area contributed by atoms with Crippen molar-refractivity contribution in [3.05, 3.63) is 35.9 Å². The minimum Gasteiger partial charge on any atom is -0.479 e. The molecule has 0 heterocycles. The Morgan fingerprint density at radius 3 is 2.67 bits per heavy atom. The zero-order valence-electron chi connectivity index (χ0n) is 8.84. The summed E-state index contributed by atoms with van der Waals surface area (Å²) in [6.07, 6.45) is -0.925. The molecule has 1 atom stereocenters. The lowest BCUT2D eigenvalue weighted by atomic mass is 10.1. The van der Waals surface area contributed by atoms with E-state index in [2.05, 4.69) is 10.1 Å². The van der Waals surface area contributed by atoms with E-state index in [-0.39, 0.29) is 0 Å². The molecule has 0 aromatic heterocycles. The van der Waals surface area contributed by atoms with Crippen molar-refractivity contribution < 1.29 is 20.8 Å². The van der Waals surface area contributed by atoms with Crippen LogP contribution in [0.5, 0.6) is 0 Å². The van der Waals surface area contributed by atoms with E-state index in [4.69, 9.17) is 6.48 Å². The Hall–Kier alpha value is -2.04. The average molecular weight is 210 g/mol. The summed E-state index contributed by atoms with van der Waals surface area (Å²) in [5.74, 6) is -1.19. The minimum atomic E-state index is -1.19. The Morgan fingerprint density at radius 2 is 2.13 bits per heavy atom. The predicted octanol–water partition coefficient (Wildman–Crippen LogP) is 1.17.